The zero-order valence-corrected chi connectivity index (χ0v) is 9.84. The van der Waals surface area contributed by atoms with Gasteiger partial charge in [0.1, 0.15) is 0 Å². The number of hydrogen-bond donors (Lipinski definition) is 0. The second-order valence-corrected chi connectivity index (χ2v) is 5.31. The minimum Gasteiger partial charge on any atom is -0.312 e. The van der Waals surface area contributed by atoms with Gasteiger partial charge in [-0.15, -0.1) is 0 Å². The molecule has 0 bridgehead atoms. The first-order chi connectivity index (χ1) is 7.68. The molecule has 0 radical (unpaired) electrons. The van der Waals surface area contributed by atoms with Crippen molar-refractivity contribution in [3.05, 3.63) is 34.7 Å². The highest BCUT2D eigenvalue weighted by atomic mass is 16.1. The summed E-state index contributed by atoms with van der Waals surface area (Å²) in [7, 11) is 0. The Labute approximate surface area is 95.7 Å². The number of hydrogen-bond acceptors (Lipinski definition) is 2. The molecule has 1 aliphatic heterocycles. The van der Waals surface area contributed by atoms with Crippen LogP contribution in [0, 0.1) is 11.8 Å². The van der Waals surface area contributed by atoms with Crippen molar-refractivity contribution < 1.29 is 0 Å². The van der Waals surface area contributed by atoms with Gasteiger partial charge in [0.05, 0.1) is 0 Å². The third kappa shape index (κ3) is 1.42. The molecule has 1 aromatic rings. The number of fused-ring (bicyclic) bond motifs is 1. The molecule has 0 spiro atoms. The highest BCUT2D eigenvalue weighted by Gasteiger charge is 2.57. The van der Waals surface area contributed by atoms with Crippen LogP contribution in [0.25, 0.3) is 0 Å². The van der Waals surface area contributed by atoms with Crippen LogP contribution in [-0.2, 0) is 0 Å². The standard InChI is InChI=1S/C13H18N2O/c1-9(2)14-7-10-11(8-14)13(10)15-6-4-3-5-12(15)16/h3-6,9-11,13H,7-8H2,1-2H3. The molecule has 2 atom stereocenters. The molecule has 3 rings (SSSR count). The Morgan fingerprint density at radius 2 is 1.94 bits per heavy atom. The minimum atomic E-state index is 0.151. The van der Waals surface area contributed by atoms with E-state index in [0.29, 0.717) is 23.9 Å². The Hall–Kier alpha value is -1.09. The highest BCUT2D eigenvalue weighted by molar-refractivity contribution is 5.11. The fraction of sp³-hybridized carbons (Fsp3) is 0.615. The molecule has 3 nitrogen and oxygen atoms in total. The molecule has 0 aromatic carbocycles. The van der Waals surface area contributed by atoms with E-state index in [0.717, 1.165) is 13.1 Å². The summed E-state index contributed by atoms with van der Waals surface area (Å²) >= 11 is 0. The first-order valence-electron chi connectivity index (χ1n) is 6.09. The largest absolute Gasteiger partial charge is 0.312 e. The van der Waals surface area contributed by atoms with Gasteiger partial charge >= 0.3 is 0 Å². The lowest BCUT2D eigenvalue weighted by atomic mass is 10.3. The van der Waals surface area contributed by atoms with Crippen LogP contribution in [-0.4, -0.2) is 28.6 Å². The van der Waals surface area contributed by atoms with Gasteiger partial charge in [-0.05, 0) is 31.7 Å². The lowest BCUT2D eigenvalue weighted by Gasteiger charge is -2.23. The molecule has 1 saturated heterocycles. The topological polar surface area (TPSA) is 25.2 Å². The first kappa shape index (κ1) is 10.1. The lowest BCUT2D eigenvalue weighted by Crippen LogP contribution is -2.32. The van der Waals surface area contributed by atoms with Gasteiger partial charge in [-0.2, -0.15) is 0 Å². The summed E-state index contributed by atoms with van der Waals surface area (Å²) in [6.45, 7) is 6.81. The van der Waals surface area contributed by atoms with E-state index in [9.17, 15) is 4.79 Å². The van der Waals surface area contributed by atoms with Crippen molar-refractivity contribution in [1.29, 1.82) is 0 Å². The van der Waals surface area contributed by atoms with Crippen molar-refractivity contribution in [2.24, 2.45) is 11.8 Å². The molecule has 1 aromatic heterocycles. The monoisotopic (exact) mass is 218 g/mol. The Morgan fingerprint density at radius 1 is 1.25 bits per heavy atom. The van der Waals surface area contributed by atoms with Crippen LogP contribution in [0.2, 0.25) is 0 Å². The van der Waals surface area contributed by atoms with E-state index in [-0.39, 0.29) is 5.56 Å². The number of pyridine rings is 1. The molecule has 86 valence electrons. The highest BCUT2D eigenvalue weighted by Crippen LogP contribution is 2.54. The van der Waals surface area contributed by atoms with E-state index in [1.54, 1.807) is 6.07 Å². The predicted molar refractivity (Wildman–Crippen MR) is 63.4 cm³/mol. The average Bonchev–Trinajstić information content (AvgIpc) is 2.73. The second kappa shape index (κ2) is 3.45. The van der Waals surface area contributed by atoms with Gasteiger partial charge in [0.25, 0.3) is 5.56 Å². The Bertz CT molecular complexity index is 439. The first-order valence-corrected chi connectivity index (χ1v) is 6.09. The summed E-state index contributed by atoms with van der Waals surface area (Å²) in [6, 6.07) is 6.55. The number of likely N-dealkylation sites (tertiary alicyclic amines) is 1. The van der Waals surface area contributed by atoms with E-state index in [1.165, 1.54) is 0 Å². The van der Waals surface area contributed by atoms with Crippen LogP contribution in [0.4, 0.5) is 0 Å². The van der Waals surface area contributed by atoms with Crippen LogP contribution in [0.1, 0.15) is 19.9 Å². The second-order valence-electron chi connectivity index (χ2n) is 5.31. The molecule has 2 heterocycles. The van der Waals surface area contributed by atoms with Gasteiger partial charge < -0.3 is 9.47 Å². The SMILES string of the molecule is CC(C)N1CC2C(C1)C2n1ccccc1=O. The maximum Gasteiger partial charge on any atom is 0.250 e. The molecule has 16 heavy (non-hydrogen) atoms. The molecule has 2 aliphatic rings. The number of piperidine rings is 1. The van der Waals surface area contributed by atoms with Gasteiger partial charge in [0.15, 0.2) is 0 Å². The zero-order valence-electron chi connectivity index (χ0n) is 9.84. The molecule has 0 amide bonds. The number of aromatic nitrogens is 1. The number of nitrogens with zero attached hydrogens (tertiary/aromatic N) is 2. The van der Waals surface area contributed by atoms with Gasteiger partial charge in [-0.3, -0.25) is 4.79 Å². The van der Waals surface area contributed by atoms with Crippen LogP contribution in [0.5, 0.6) is 0 Å². The van der Waals surface area contributed by atoms with E-state index in [2.05, 4.69) is 18.7 Å². The van der Waals surface area contributed by atoms with Crippen molar-refractivity contribution in [3.63, 3.8) is 0 Å². The van der Waals surface area contributed by atoms with E-state index in [1.807, 2.05) is 22.9 Å². The zero-order chi connectivity index (χ0) is 11.3. The third-order valence-electron chi connectivity index (χ3n) is 4.08. The number of rotatable bonds is 2. The Kier molecular flexibility index (Phi) is 2.18. The molecular weight excluding hydrogens is 200 g/mol. The summed E-state index contributed by atoms with van der Waals surface area (Å²) in [6.07, 6.45) is 1.94. The van der Waals surface area contributed by atoms with E-state index in [4.69, 9.17) is 0 Å². The van der Waals surface area contributed by atoms with Crippen molar-refractivity contribution >= 4 is 0 Å². The quantitative estimate of drug-likeness (QED) is 0.749. The summed E-state index contributed by atoms with van der Waals surface area (Å²) in [4.78, 5) is 14.2. The average molecular weight is 218 g/mol. The molecule has 2 unspecified atom stereocenters. The molecular formula is C13H18N2O. The van der Waals surface area contributed by atoms with Gasteiger partial charge in [0, 0.05) is 37.4 Å². The fourth-order valence-electron chi connectivity index (χ4n) is 3.05. The molecule has 2 fully saturated rings. The molecule has 1 saturated carbocycles. The lowest BCUT2D eigenvalue weighted by molar-refractivity contribution is 0.233. The van der Waals surface area contributed by atoms with Crippen LogP contribution < -0.4 is 5.56 Å². The summed E-state index contributed by atoms with van der Waals surface area (Å²) < 4.78 is 1.92. The normalized spacial score (nSPS) is 33.1. The maximum atomic E-state index is 11.7. The van der Waals surface area contributed by atoms with E-state index < -0.39 is 0 Å². The third-order valence-corrected chi connectivity index (χ3v) is 4.08. The van der Waals surface area contributed by atoms with Gasteiger partial charge in [-0.1, -0.05) is 6.07 Å². The van der Waals surface area contributed by atoms with Crippen molar-refractivity contribution in [3.8, 4) is 0 Å². The Morgan fingerprint density at radius 3 is 2.50 bits per heavy atom. The van der Waals surface area contributed by atoms with Crippen LogP contribution >= 0.6 is 0 Å². The van der Waals surface area contributed by atoms with Crippen LogP contribution in [0.3, 0.4) is 0 Å². The van der Waals surface area contributed by atoms with E-state index >= 15 is 0 Å². The maximum absolute atomic E-state index is 11.7. The summed E-state index contributed by atoms with van der Waals surface area (Å²) in [5, 5.41) is 0. The minimum absolute atomic E-state index is 0.151. The van der Waals surface area contributed by atoms with Gasteiger partial charge in [0.2, 0.25) is 0 Å². The smallest absolute Gasteiger partial charge is 0.250 e. The van der Waals surface area contributed by atoms with Gasteiger partial charge in [-0.25, -0.2) is 0 Å². The predicted octanol–water partition coefficient (Wildman–Crippen LogP) is 1.36. The van der Waals surface area contributed by atoms with Crippen molar-refractivity contribution in [2.75, 3.05) is 13.1 Å². The summed E-state index contributed by atoms with van der Waals surface area (Å²) in [5.41, 5.74) is 0.151. The van der Waals surface area contributed by atoms with Crippen molar-refractivity contribution in [2.45, 2.75) is 25.9 Å². The Balaban J connectivity index is 1.76. The van der Waals surface area contributed by atoms with Crippen LogP contribution in [0.15, 0.2) is 29.2 Å². The summed E-state index contributed by atoms with van der Waals surface area (Å²) in [5.74, 6) is 1.42. The molecule has 0 N–H and O–H groups in total. The fourth-order valence-corrected chi connectivity index (χ4v) is 3.05. The molecule has 3 heteroatoms. The molecule has 1 aliphatic carbocycles. The van der Waals surface area contributed by atoms with Crippen molar-refractivity contribution in [1.82, 2.24) is 9.47 Å².